The van der Waals surface area contributed by atoms with Crippen LogP contribution < -0.4 is 5.32 Å². The zero-order valence-electron chi connectivity index (χ0n) is 10.2. The molecule has 1 aromatic heterocycles. The van der Waals surface area contributed by atoms with Crippen LogP contribution in [0.3, 0.4) is 0 Å². The predicted octanol–water partition coefficient (Wildman–Crippen LogP) is 2.87. The molecule has 0 unspecified atom stereocenters. The Morgan fingerprint density at radius 3 is 3.06 bits per heavy atom. The summed E-state index contributed by atoms with van der Waals surface area (Å²) in [5, 5.41) is 4.00. The van der Waals surface area contributed by atoms with E-state index in [1.165, 1.54) is 37.0 Å². The topological polar surface area (TPSA) is 51.2 Å². The van der Waals surface area contributed by atoms with Crippen LogP contribution in [0.5, 0.6) is 0 Å². The standard InChI is InChI=1S/C11H18N2O2S2/c1-15-10(14)9-8-13-11(17-9)12-6-4-3-5-7-16-2/h8H,3-7H2,1-2H3,(H,12,13). The Hall–Kier alpha value is -0.750. The Labute approximate surface area is 110 Å². The van der Waals surface area contributed by atoms with Gasteiger partial charge in [-0.25, -0.2) is 9.78 Å². The van der Waals surface area contributed by atoms with E-state index in [9.17, 15) is 4.79 Å². The molecule has 0 bridgehead atoms. The Morgan fingerprint density at radius 2 is 2.35 bits per heavy atom. The summed E-state index contributed by atoms with van der Waals surface area (Å²) < 4.78 is 4.62. The van der Waals surface area contributed by atoms with Crippen molar-refractivity contribution in [1.29, 1.82) is 0 Å². The van der Waals surface area contributed by atoms with Crippen molar-refractivity contribution in [1.82, 2.24) is 4.98 Å². The van der Waals surface area contributed by atoms with Gasteiger partial charge in [0.15, 0.2) is 5.13 Å². The van der Waals surface area contributed by atoms with E-state index in [2.05, 4.69) is 21.3 Å². The van der Waals surface area contributed by atoms with E-state index >= 15 is 0 Å². The minimum Gasteiger partial charge on any atom is -0.465 e. The third-order valence-corrected chi connectivity index (χ3v) is 3.83. The zero-order valence-corrected chi connectivity index (χ0v) is 11.8. The molecule has 0 atom stereocenters. The largest absolute Gasteiger partial charge is 0.465 e. The molecule has 0 aliphatic rings. The van der Waals surface area contributed by atoms with Gasteiger partial charge in [0.2, 0.25) is 0 Å². The summed E-state index contributed by atoms with van der Waals surface area (Å²) in [5.74, 6) is 0.902. The fraction of sp³-hybridized carbons (Fsp3) is 0.636. The van der Waals surface area contributed by atoms with E-state index in [-0.39, 0.29) is 5.97 Å². The number of esters is 1. The molecule has 1 N–H and O–H groups in total. The Bertz CT molecular complexity index is 342. The Balaban J connectivity index is 2.19. The van der Waals surface area contributed by atoms with Gasteiger partial charge in [-0.2, -0.15) is 11.8 Å². The number of ether oxygens (including phenoxy) is 1. The maximum atomic E-state index is 11.2. The second-order valence-electron chi connectivity index (χ2n) is 3.50. The molecule has 0 aliphatic heterocycles. The van der Waals surface area contributed by atoms with Crippen molar-refractivity contribution in [3.05, 3.63) is 11.1 Å². The number of carbonyl (C=O) groups excluding carboxylic acids is 1. The SMILES string of the molecule is COC(=O)c1cnc(NCCCCCSC)s1. The molecule has 0 spiro atoms. The summed E-state index contributed by atoms with van der Waals surface area (Å²) in [6.45, 7) is 0.905. The van der Waals surface area contributed by atoms with Crippen LogP contribution in [-0.2, 0) is 4.74 Å². The number of thiazole rings is 1. The minimum absolute atomic E-state index is 0.324. The average Bonchev–Trinajstić information content (AvgIpc) is 2.81. The zero-order chi connectivity index (χ0) is 12.5. The van der Waals surface area contributed by atoms with E-state index in [1.807, 2.05) is 11.8 Å². The normalized spacial score (nSPS) is 10.2. The Kier molecular flexibility index (Phi) is 7.04. The van der Waals surface area contributed by atoms with Crippen molar-refractivity contribution in [2.75, 3.05) is 31.0 Å². The minimum atomic E-state index is -0.324. The number of rotatable bonds is 8. The summed E-state index contributed by atoms with van der Waals surface area (Å²) in [6, 6.07) is 0. The number of hydrogen-bond donors (Lipinski definition) is 1. The summed E-state index contributed by atoms with van der Waals surface area (Å²) in [4.78, 5) is 15.9. The van der Waals surface area contributed by atoms with Crippen LogP contribution in [0.1, 0.15) is 28.9 Å². The van der Waals surface area contributed by atoms with Crippen LogP contribution in [-0.4, -0.2) is 36.6 Å². The molecule has 0 saturated heterocycles. The third-order valence-electron chi connectivity index (χ3n) is 2.19. The fourth-order valence-corrected chi connectivity index (χ4v) is 2.55. The maximum absolute atomic E-state index is 11.2. The molecule has 1 aromatic rings. The maximum Gasteiger partial charge on any atom is 0.349 e. The highest BCUT2D eigenvalue weighted by Gasteiger charge is 2.09. The molecule has 4 nitrogen and oxygen atoms in total. The first-order valence-electron chi connectivity index (χ1n) is 5.55. The number of nitrogens with zero attached hydrogens (tertiary/aromatic N) is 1. The lowest BCUT2D eigenvalue weighted by Gasteiger charge is -2.01. The van der Waals surface area contributed by atoms with Crippen LogP contribution in [0.25, 0.3) is 0 Å². The second kappa shape index (κ2) is 8.36. The van der Waals surface area contributed by atoms with Crippen LogP contribution >= 0.6 is 23.1 Å². The first kappa shape index (κ1) is 14.3. The summed E-state index contributed by atoms with van der Waals surface area (Å²) in [7, 11) is 1.38. The average molecular weight is 274 g/mol. The van der Waals surface area contributed by atoms with Crippen molar-refractivity contribution in [3.63, 3.8) is 0 Å². The van der Waals surface area contributed by atoms with Crippen molar-refractivity contribution in [2.45, 2.75) is 19.3 Å². The van der Waals surface area contributed by atoms with Gasteiger partial charge in [0.1, 0.15) is 4.88 Å². The lowest BCUT2D eigenvalue weighted by atomic mass is 10.2. The summed E-state index contributed by atoms with van der Waals surface area (Å²) in [6.07, 6.45) is 7.29. The van der Waals surface area contributed by atoms with Crippen LogP contribution in [0.2, 0.25) is 0 Å². The van der Waals surface area contributed by atoms with Crippen molar-refractivity contribution in [2.24, 2.45) is 0 Å². The first-order valence-corrected chi connectivity index (χ1v) is 7.76. The van der Waals surface area contributed by atoms with Crippen LogP contribution in [0.15, 0.2) is 6.20 Å². The molecule has 1 heterocycles. The van der Waals surface area contributed by atoms with Gasteiger partial charge in [-0.1, -0.05) is 17.8 Å². The van der Waals surface area contributed by atoms with Crippen LogP contribution in [0.4, 0.5) is 5.13 Å². The number of unbranched alkanes of at least 4 members (excludes halogenated alkanes) is 2. The fourth-order valence-electron chi connectivity index (χ4n) is 1.29. The van der Waals surface area contributed by atoms with Gasteiger partial charge in [-0.15, -0.1) is 0 Å². The summed E-state index contributed by atoms with van der Waals surface area (Å²) in [5.41, 5.74) is 0. The van der Waals surface area contributed by atoms with Gasteiger partial charge in [0.05, 0.1) is 13.3 Å². The molecular weight excluding hydrogens is 256 g/mol. The number of carbonyl (C=O) groups is 1. The van der Waals surface area contributed by atoms with E-state index in [1.54, 1.807) is 6.20 Å². The Morgan fingerprint density at radius 1 is 1.53 bits per heavy atom. The van der Waals surface area contributed by atoms with Gasteiger partial charge >= 0.3 is 5.97 Å². The predicted molar refractivity (Wildman–Crippen MR) is 74.2 cm³/mol. The molecule has 0 amide bonds. The van der Waals surface area contributed by atoms with Crippen molar-refractivity contribution < 1.29 is 9.53 Å². The quantitative estimate of drug-likeness (QED) is 0.583. The molecule has 0 aromatic carbocycles. The molecule has 17 heavy (non-hydrogen) atoms. The van der Waals surface area contributed by atoms with Gasteiger partial charge < -0.3 is 10.1 Å². The van der Waals surface area contributed by atoms with Gasteiger partial charge in [-0.05, 0) is 24.9 Å². The van der Waals surface area contributed by atoms with Crippen LogP contribution in [0, 0.1) is 0 Å². The summed E-state index contributed by atoms with van der Waals surface area (Å²) >= 11 is 3.22. The monoisotopic (exact) mass is 274 g/mol. The molecule has 0 fully saturated rings. The molecule has 1 rings (SSSR count). The second-order valence-corrected chi connectivity index (χ2v) is 5.52. The van der Waals surface area contributed by atoms with E-state index in [0.717, 1.165) is 18.1 Å². The molecule has 0 aliphatic carbocycles. The number of thioether (sulfide) groups is 1. The molecule has 0 radical (unpaired) electrons. The molecule has 96 valence electrons. The molecule has 0 saturated carbocycles. The number of aromatic nitrogens is 1. The highest BCUT2D eigenvalue weighted by molar-refractivity contribution is 7.98. The van der Waals surface area contributed by atoms with E-state index in [4.69, 9.17) is 0 Å². The van der Waals surface area contributed by atoms with Crippen molar-refractivity contribution in [3.8, 4) is 0 Å². The van der Waals surface area contributed by atoms with E-state index < -0.39 is 0 Å². The molecule has 6 heteroatoms. The van der Waals surface area contributed by atoms with Crippen molar-refractivity contribution >= 4 is 34.2 Å². The third kappa shape index (κ3) is 5.41. The highest BCUT2D eigenvalue weighted by atomic mass is 32.2. The first-order chi connectivity index (χ1) is 8.27. The number of nitrogens with one attached hydrogen (secondary N) is 1. The smallest absolute Gasteiger partial charge is 0.349 e. The van der Waals surface area contributed by atoms with Gasteiger partial charge in [0.25, 0.3) is 0 Å². The van der Waals surface area contributed by atoms with Gasteiger partial charge in [0, 0.05) is 6.54 Å². The highest BCUT2D eigenvalue weighted by Crippen LogP contribution is 2.18. The number of methoxy groups -OCH3 is 1. The lowest BCUT2D eigenvalue weighted by molar-refractivity contribution is 0.0606. The molecular formula is C11H18N2O2S2. The van der Waals surface area contributed by atoms with Gasteiger partial charge in [-0.3, -0.25) is 0 Å². The number of hydrogen-bond acceptors (Lipinski definition) is 6. The lowest BCUT2D eigenvalue weighted by Crippen LogP contribution is -2.00. The number of anilines is 1. The van der Waals surface area contributed by atoms with E-state index in [0.29, 0.717) is 4.88 Å².